The summed E-state index contributed by atoms with van der Waals surface area (Å²) in [5.74, 6) is -4.37. The minimum Gasteiger partial charge on any atom is -0.481 e. The third-order valence-corrected chi connectivity index (χ3v) is 4.06. The number of hydrogen-bond acceptors (Lipinski definition) is 4. The molecule has 21 heavy (non-hydrogen) atoms. The van der Waals surface area contributed by atoms with Crippen molar-refractivity contribution >= 4 is 11.9 Å². The van der Waals surface area contributed by atoms with Gasteiger partial charge in [0.05, 0.1) is 0 Å². The Morgan fingerprint density at radius 2 is 1.71 bits per heavy atom. The molecule has 2 heterocycles. The molecule has 0 saturated carbocycles. The molecule has 6 nitrogen and oxygen atoms in total. The van der Waals surface area contributed by atoms with E-state index in [1.165, 1.54) is 0 Å². The topological polar surface area (TPSA) is 93.1 Å². The molecule has 1 aromatic rings. The van der Waals surface area contributed by atoms with Crippen LogP contribution in [0.4, 0.5) is 0 Å². The Morgan fingerprint density at radius 3 is 2.24 bits per heavy atom. The lowest BCUT2D eigenvalue weighted by Crippen LogP contribution is -2.47. The second kappa shape index (κ2) is 4.41. The van der Waals surface area contributed by atoms with Crippen LogP contribution in [0.2, 0.25) is 0 Å². The number of benzene rings is 1. The van der Waals surface area contributed by atoms with Crippen LogP contribution in [0.25, 0.3) is 0 Å². The fourth-order valence-electron chi connectivity index (χ4n) is 2.86. The maximum Gasteiger partial charge on any atom is 0.318 e. The molecule has 2 aliphatic heterocycles. The van der Waals surface area contributed by atoms with Crippen molar-refractivity contribution in [3.05, 3.63) is 47.5 Å². The Kier molecular flexibility index (Phi) is 2.89. The van der Waals surface area contributed by atoms with E-state index in [2.05, 4.69) is 0 Å². The first-order valence-electron chi connectivity index (χ1n) is 6.51. The van der Waals surface area contributed by atoms with Crippen molar-refractivity contribution in [1.82, 2.24) is 0 Å². The number of carbonyl (C=O) groups is 2. The van der Waals surface area contributed by atoms with Gasteiger partial charge in [0, 0.05) is 6.42 Å². The van der Waals surface area contributed by atoms with Gasteiger partial charge in [-0.05, 0) is 30.2 Å². The van der Waals surface area contributed by atoms with Crippen molar-refractivity contribution in [2.45, 2.75) is 24.5 Å². The van der Waals surface area contributed by atoms with Crippen LogP contribution < -0.4 is 0 Å². The molecule has 2 bridgehead atoms. The number of carboxylic acids is 2. The zero-order valence-electron chi connectivity index (χ0n) is 11.3. The maximum absolute atomic E-state index is 11.2. The molecule has 6 heteroatoms. The van der Waals surface area contributed by atoms with E-state index in [-0.39, 0.29) is 6.42 Å². The van der Waals surface area contributed by atoms with Crippen LogP contribution in [0.3, 0.4) is 0 Å². The number of carboxylic acid groups (broad SMARTS) is 2. The summed E-state index contributed by atoms with van der Waals surface area (Å²) in [5, 5.41) is 18.2. The Labute approximate surface area is 120 Å². The lowest BCUT2D eigenvalue weighted by atomic mass is 9.73. The van der Waals surface area contributed by atoms with E-state index in [1.54, 1.807) is 24.3 Å². The van der Waals surface area contributed by atoms with Crippen molar-refractivity contribution in [2.24, 2.45) is 5.92 Å². The van der Waals surface area contributed by atoms with E-state index in [4.69, 9.17) is 20.0 Å². The highest BCUT2D eigenvalue weighted by Crippen LogP contribution is 2.51. The average Bonchev–Trinajstić information content (AvgIpc) is 2.46. The molecule has 4 rings (SSSR count). The molecule has 1 aliphatic carbocycles. The van der Waals surface area contributed by atoms with Gasteiger partial charge in [0.1, 0.15) is 11.2 Å². The summed E-state index contributed by atoms with van der Waals surface area (Å²) in [7, 11) is 0. The molecule has 0 radical (unpaired) electrons. The average molecular weight is 290 g/mol. The standard InChI is InChI=1S/C15H14O6/c1-14-6-7-15(21-20-14,8-9(12(16)17)13(18)19)11-5-3-2-4-10(11)14/h2-7,9H,8H2,1H3,(H,16,17)(H,18,19). The third kappa shape index (κ3) is 1.95. The summed E-state index contributed by atoms with van der Waals surface area (Å²) in [6.45, 7) is 1.83. The molecule has 3 aliphatic rings. The number of rotatable bonds is 4. The molecule has 0 aromatic heterocycles. The van der Waals surface area contributed by atoms with Gasteiger partial charge < -0.3 is 10.2 Å². The van der Waals surface area contributed by atoms with E-state index < -0.39 is 29.1 Å². The zero-order valence-corrected chi connectivity index (χ0v) is 11.3. The molecule has 0 fully saturated rings. The van der Waals surface area contributed by atoms with Crippen LogP contribution in [0.5, 0.6) is 0 Å². The summed E-state index contributed by atoms with van der Waals surface area (Å²) in [5.41, 5.74) is -0.321. The first-order valence-corrected chi connectivity index (χ1v) is 6.51. The largest absolute Gasteiger partial charge is 0.481 e. The molecule has 110 valence electrons. The Morgan fingerprint density at radius 1 is 1.10 bits per heavy atom. The van der Waals surface area contributed by atoms with Gasteiger partial charge in [0.25, 0.3) is 0 Å². The Bertz CT molecular complexity index is 637. The minimum absolute atomic E-state index is 0.235. The van der Waals surface area contributed by atoms with E-state index in [9.17, 15) is 9.59 Å². The van der Waals surface area contributed by atoms with Gasteiger partial charge >= 0.3 is 11.9 Å². The van der Waals surface area contributed by atoms with Crippen LogP contribution in [0.15, 0.2) is 36.4 Å². The van der Waals surface area contributed by atoms with Crippen LogP contribution in [0, 0.1) is 5.92 Å². The normalized spacial score (nSPS) is 29.4. The molecular weight excluding hydrogens is 276 g/mol. The molecule has 2 N–H and O–H groups in total. The Balaban J connectivity index is 2.07. The van der Waals surface area contributed by atoms with E-state index >= 15 is 0 Å². The fraction of sp³-hybridized carbons (Fsp3) is 0.333. The quantitative estimate of drug-likeness (QED) is 0.499. The number of aliphatic carboxylic acids is 2. The predicted octanol–water partition coefficient (Wildman–Crippen LogP) is 1.80. The predicted molar refractivity (Wildman–Crippen MR) is 70.2 cm³/mol. The molecule has 0 amide bonds. The summed E-state index contributed by atoms with van der Waals surface area (Å²) in [6, 6.07) is 7.33. The lowest BCUT2D eigenvalue weighted by molar-refractivity contribution is -0.421. The van der Waals surface area contributed by atoms with Gasteiger partial charge in [-0.3, -0.25) is 9.59 Å². The van der Waals surface area contributed by atoms with E-state index in [0.29, 0.717) is 0 Å². The minimum atomic E-state index is -1.58. The second-order valence-corrected chi connectivity index (χ2v) is 5.48. The first kappa shape index (κ1) is 13.8. The Hall–Kier alpha value is -2.18. The van der Waals surface area contributed by atoms with E-state index in [1.807, 2.05) is 19.1 Å². The van der Waals surface area contributed by atoms with Gasteiger partial charge in [0.15, 0.2) is 5.92 Å². The highest BCUT2D eigenvalue weighted by atomic mass is 17.2. The first-order chi connectivity index (χ1) is 9.88. The second-order valence-electron chi connectivity index (χ2n) is 5.48. The SMILES string of the molecule is CC12C=CC(CC(C(=O)O)C(=O)O)(OO1)c1ccccc12. The van der Waals surface area contributed by atoms with Gasteiger partial charge in [-0.25, -0.2) is 9.78 Å². The summed E-state index contributed by atoms with van der Waals surface area (Å²) < 4.78 is 0. The monoisotopic (exact) mass is 290 g/mol. The van der Waals surface area contributed by atoms with Gasteiger partial charge in [-0.15, -0.1) is 0 Å². The molecule has 1 aromatic carbocycles. The van der Waals surface area contributed by atoms with Crippen LogP contribution in [-0.4, -0.2) is 22.2 Å². The van der Waals surface area contributed by atoms with Crippen molar-refractivity contribution in [1.29, 1.82) is 0 Å². The molecule has 0 spiro atoms. The smallest absolute Gasteiger partial charge is 0.318 e. The van der Waals surface area contributed by atoms with Crippen molar-refractivity contribution in [3.8, 4) is 0 Å². The van der Waals surface area contributed by atoms with Gasteiger partial charge in [-0.2, -0.15) is 0 Å². The summed E-state index contributed by atoms with van der Waals surface area (Å²) in [6.07, 6.45) is 3.23. The molecular formula is C15H14O6. The van der Waals surface area contributed by atoms with Crippen molar-refractivity contribution in [2.75, 3.05) is 0 Å². The molecule has 2 atom stereocenters. The number of fused-ring (bicyclic) bond motifs is 1. The van der Waals surface area contributed by atoms with Crippen LogP contribution in [-0.2, 0) is 30.6 Å². The van der Waals surface area contributed by atoms with Crippen molar-refractivity contribution < 1.29 is 29.6 Å². The zero-order chi connectivity index (χ0) is 15.3. The fourth-order valence-corrected chi connectivity index (χ4v) is 2.86. The van der Waals surface area contributed by atoms with E-state index in [0.717, 1.165) is 11.1 Å². The highest BCUT2D eigenvalue weighted by molar-refractivity contribution is 5.93. The van der Waals surface area contributed by atoms with Gasteiger partial charge in [0.2, 0.25) is 0 Å². The third-order valence-electron chi connectivity index (χ3n) is 4.06. The maximum atomic E-state index is 11.2. The van der Waals surface area contributed by atoms with Crippen LogP contribution >= 0.6 is 0 Å². The molecule has 2 unspecified atom stereocenters. The summed E-state index contributed by atoms with van der Waals surface area (Å²) >= 11 is 0. The highest BCUT2D eigenvalue weighted by Gasteiger charge is 2.52. The van der Waals surface area contributed by atoms with Crippen molar-refractivity contribution in [3.63, 3.8) is 0 Å². The number of hydrogen-bond donors (Lipinski definition) is 2. The lowest BCUT2D eigenvalue weighted by Gasteiger charge is -2.47. The molecule has 0 saturated heterocycles. The van der Waals surface area contributed by atoms with Crippen LogP contribution in [0.1, 0.15) is 24.5 Å². The summed E-state index contributed by atoms with van der Waals surface area (Å²) in [4.78, 5) is 33.1. The van der Waals surface area contributed by atoms with Gasteiger partial charge in [-0.1, -0.05) is 24.3 Å².